The first-order valence-corrected chi connectivity index (χ1v) is 19.2. The molecule has 0 spiro atoms. The maximum Gasteiger partial charge on any atom is 0.453 e. The van der Waals surface area contributed by atoms with Crippen molar-refractivity contribution in [3.8, 4) is 0 Å². The van der Waals surface area contributed by atoms with E-state index in [1.165, 1.54) is 49.4 Å². The Morgan fingerprint density at radius 2 is 1.59 bits per heavy atom. The third-order valence-corrected chi connectivity index (χ3v) is 12.6. The monoisotopic (exact) mass is 672 g/mol. The van der Waals surface area contributed by atoms with Crippen molar-refractivity contribution in [2.75, 3.05) is 24.7 Å². The van der Waals surface area contributed by atoms with Crippen molar-refractivity contribution in [2.45, 2.75) is 140 Å². The fourth-order valence-electron chi connectivity index (χ4n) is 9.10. The number of hydrogen-bond donors (Lipinski definition) is 0. The standard InChI is InChI=1S/C37H53F5O3S/c38-36(39,37(40,41)42)21-13-25-46-24-11-5-3-1-2-4-6-16-30-33-28(27-14-7-8-15-29(27)34(30)43)19-22-35(20-12-17-31(33)35)26-45-32-18-9-10-23-44-32/h7-8,14-15,28,30-33H,1-6,9-13,16-26H2/t28-,30+,31+,32?,33+,35+/m1/s1. The molecule has 2 saturated carbocycles. The molecule has 9 heteroatoms. The molecular formula is C37H53F5O3S. The van der Waals surface area contributed by atoms with Gasteiger partial charge < -0.3 is 9.47 Å². The van der Waals surface area contributed by atoms with E-state index in [-0.39, 0.29) is 24.0 Å². The van der Waals surface area contributed by atoms with Gasteiger partial charge in [0.05, 0.1) is 6.61 Å². The fraction of sp³-hybridized carbons (Fsp3) is 0.811. The molecule has 6 atom stereocenters. The van der Waals surface area contributed by atoms with Crippen molar-refractivity contribution in [1.29, 1.82) is 0 Å². The van der Waals surface area contributed by atoms with E-state index in [2.05, 4.69) is 18.2 Å². The SMILES string of the molecule is O=C1c2ccccc2[C@H]2CC[C@]3(COC4CCCCO4)CCC[C@H]3[C@@H]2[C@@H]1CCCCCCCCCSCCCC(F)(F)C(F)(F)F. The Morgan fingerprint density at radius 1 is 0.848 bits per heavy atom. The number of ether oxygens (including phenoxy) is 2. The van der Waals surface area contributed by atoms with Gasteiger partial charge in [-0.3, -0.25) is 4.79 Å². The summed E-state index contributed by atoms with van der Waals surface area (Å²) < 4.78 is 75.1. The number of halogens is 5. The van der Waals surface area contributed by atoms with Crippen LogP contribution in [0.4, 0.5) is 22.0 Å². The molecule has 1 aromatic rings. The number of rotatable bonds is 17. The quantitative estimate of drug-likeness (QED) is 0.122. The minimum Gasteiger partial charge on any atom is -0.353 e. The Bertz CT molecular complexity index is 1110. The summed E-state index contributed by atoms with van der Waals surface area (Å²) in [6.45, 7) is 1.56. The molecule has 3 fully saturated rings. The van der Waals surface area contributed by atoms with E-state index in [0.29, 0.717) is 29.3 Å². The summed E-state index contributed by atoms with van der Waals surface area (Å²) >= 11 is 1.47. The van der Waals surface area contributed by atoms with Crippen molar-refractivity contribution in [2.24, 2.45) is 23.2 Å². The van der Waals surface area contributed by atoms with Crippen molar-refractivity contribution in [3.05, 3.63) is 35.4 Å². The zero-order chi connectivity index (χ0) is 32.6. The molecule has 1 aliphatic heterocycles. The number of fused-ring (bicyclic) bond motifs is 5. The van der Waals surface area contributed by atoms with E-state index in [1.807, 2.05) is 6.07 Å². The van der Waals surface area contributed by atoms with E-state index in [1.54, 1.807) is 0 Å². The smallest absolute Gasteiger partial charge is 0.353 e. The number of thioether (sulfide) groups is 1. The van der Waals surface area contributed by atoms with Gasteiger partial charge in [0.2, 0.25) is 0 Å². The molecule has 1 saturated heterocycles. The van der Waals surface area contributed by atoms with Crippen molar-refractivity contribution < 1.29 is 36.2 Å². The average molecular weight is 673 g/mol. The number of hydrogen-bond acceptors (Lipinski definition) is 4. The van der Waals surface area contributed by atoms with Gasteiger partial charge in [-0.1, -0.05) is 69.2 Å². The molecule has 0 N–H and O–H groups in total. The van der Waals surface area contributed by atoms with Gasteiger partial charge in [0.1, 0.15) is 0 Å². The molecular weight excluding hydrogens is 619 g/mol. The third-order valence-electron chi connectivity index (χ3n) is 11.5. The molecule has 0 bridgehead atoms. The van der Waals surface area contributed by atoms with Crippen molar-refractivity contribution in [1.82, 2.24) is 0 Å². The Hall–Kier alpha value is -1.19. The molecule has 3 nitrogen and oxygen atoms in total. The van der Waals surface area contributed by atoms with Crippen LogP contribution >= 0.6 is 11.8 Å². The van der Waals surface area contributed by atoms with Crippen molar-refractivity contribution in [3.63, 3.8) is 0 Å². The van der Waals surface area contributed by atoms with Gasteiger partial charge in [0.15, 0.2) is 12.1 Å². The molecule has 0 amide bonds. The zero-order valence-corrected chi connectivity index (χ0v) is 28.1. The van der Waals surface area contributed by atoms with E-state index in [4.69, 9.17) is 9.47 Å². The summed E-state index contributed by atoms with van der Waals surface area (Å²) in [5.41, 5.74) is 2.40. The zero-order valence-electron chi connectivity index (χ0n) is 27.3. The second-order valence-corrected chi connectivity index (χ2v) is 15.7. The summed E-state index contributed by atoms with van der Waals surface area (Å²) in [6, 6.07) is 8.37. The summed E-state index contributed by atoms with van der Waals surface area (Å²) in [5.74, 6) is -1.63. The second kappa shape index (κ2) is 16.5. The lowest BCUT2D eigenvalue weighted by molar-refractivity contribution is -0.284. The van der Waals surface area contributed by atoms with Crippen molar-refractivity contribution >= 4 is 17.5 Å². The number of carbonyl (C=O) groups is 1. The Morgan fingerprint density at radius 3 is 2.35 bits per heavy atom. The first-order chi connectivity index (χ1) is 22.1. The van der Waals surface area contributed by atoms with Gasteiger partial charge in [0, 0.05) is 24.5 Å². The van der Waals surface area contributed by atoms with Crippen LogP contribution in [0.2, 0.25) is 0 Å². The van der Waals surface area contributed by atoms with Gasteiger partial charge in [-0.15, -0.1) is 0 Å². The Labute approximate surface area is 276 Å². The molecule has 5 rings (SSSR count). The number of unbranched alkanes of at least 4 members (excludes halogenated alkanes) is 6. The van der Waals surface area contributed by atoms with Crippen LogP contribution in [0.5, 0.6) is 0 Å². The number of benzene rings is 1. The predicted octanol–water partition coefficient (Wildman–Crippen LogP) is 11.2. The van der Waals surface area contributed by atoms with Gasteiger partial charge in [-0.25, -0.2) is 0 Å². The van der Waals surface area contributed by atoms with Crippen LogP contribution in [0.1, 0.15) is 137 Å². The highest BCUT2D eigenvalue weighted by Gasteiger charge is 2.57. The average Bonchev–Trinajstić information content (AvgIpc) is 3.48. The molecule has 1 heterocycles. The van der Waals surface area contributed by atoms with Crippen LogP contribution < -0.4 is 0 Å². The second-order valence-electron chi connectivity index (χ2n) is 14.4. The van der Waals surface area contributed by atoms with E-state index < -0.39 is 18.5 Å². The molecule has 46 heavy (non-hydrogen) atoms. The molecule has 1 unspecified atom stereocenters. The molecule has 4 aliphatic rings. The predicted molar refractivity (Wildman–Crippen MR) is 174 cm³/mol. The van der Waals surface area contributed by atoms with Crippen LogP contribution in [-0.4, -0.2) is 48.9 Å². The third kappa shape index (κ3) is 8.69. The van der Waals surface area contributed by atoms with E-state index in [9.17, 15) is 26.7 Å². The molecule has 260 valence electrons. The Kier molecular flexibility index (Phi) is 12.9. The lowest BCUT2D eigenvalue weighted by atomic mass is 9.51. The van der Waals surface area contributed by atoms with Gasteiger partial charge in [0.25, 0.3) is 0 Å². The first kappa shape index (κ1) is 36.1. The van der Waals surface area contributed by atoms with Crippen LogP contribution in [-0.2, 0) is 9.47 Å². The van der Waals surface area contributed by atoms with Gasteiger partial charge >= 0.3 is 12.1 Å². The maximum absolute atomic E-state index is 14.1. The lowest BCUT2D eigenvalue weighted by Crippen LogP contribution is -2.49. The van der Waals surface area contributed by atoms with Crippen LogP contribution in [0.3, 0.4) is 0 Å². The minimum atomic E-state index is -5.45. The van der Waals surface area contributed by atoms with Crippen LogP contribution in [0.25, 0.3) is 0 Å². The molecule has 0 radical (unpaired) electrons. The highest BCUT2D eigenvalue weighted by molar-refractivity contribution is 7.99. The number of carbonyl (C=O) groups excluding carboxylic acids is 1. The number of alkyl halides is 5. The first-order valence-electron chi connectivity index (χ1n) is 18.0. The van der Waals surface area contributed by atoms with Crippen LogP contribution in [0.15, 0.2) is 24.3 Å². The summed E-state index contributed by atoms with van der Waals surface area (Å²) in [7, 11) is 0. The minimum absolute atomic E-state index is 0.0714. The lowest BCUT2D eigenvalue weighted by Gasteiger charge is -2.53. The van der Waals surface area contributed by atoms with E-state index in [0.717, 1.165) is 95.2 Å². The molecule has 3 aliphatic carbocycles. The number of Topliss-reactive ketones (excluding diaryl/α,β-unsaturated/α-hetero) is 1. The highest BCUT2D eigenvalue weighted by atomic mass is 32.2. The molecule has 1 aromatic carbocycles. The summed E-state index contributed by atoms with van der Waals surface area (Å²) in [5, 5.41) is 0. The summed E-state index contributed by atoms with van der Waals surface area (Å²) in [6.07, 6.45) is 10.9. The van der Waals surface area contributed by atoms with E-state index >= 15 is 0 Å². The Balaban J connectivity index is 1.05. The van der Waals surface area contributed by atoms with Gasteiger partial charge in [-0.05, 0) is 104 Å². The highest BCUT2D eigenvalue weighted by Crippen LogP contribution is 2.63. The topological polar surface area (TPSA) is 35.5 Å². The maximum atomic E-state index is 14.1. The largest absolute Gasteiger partial charge is 0.453 e. The summed E-state index contributed by atoms with van der Waals surface area (Å²) in [4.78, 5) is 14.1. The van der Waals surface area contributed by atoms with Crippen LogP contribution in [0, 0.1) is 23.2 Å². The molecule has 0 aromatic heterocycles. The fourth-order valence-corrected chi connectivity index (χ4v) is 10.1. The normalized spacial score (nSPS) is 29.8. The van der Waals surface area contributed by atoms with Gasteiger partial charge in [-0.2, -0.15) is 33.7 Å². The number of ketones is 1.